The second-order valence-electron chi connectivity index (χ2n) is 4.93. The lowest BCUT2D eigenvalue weighted by Gasteiger charge is -2.16. The Morgan fingerprint density at radius 2 is 1.89 bits per heavy atom. The van der Waals surface area contributed by atoms with Crippen LogP contribution >= 0.6 is 23.2 Å². The zero-order valence-corrected chi connectivity index (χ0v) is 12.3. The maximum atomic E-state index is 11.8. The zero-order valence-electron chi connectivity index (χ0n) is 10.8. The number of halogens is 2. The first-order valence-electron chi connectivity index (χ1n) is 5.43. The molecule has 18 heavy (non-hydrogen) atoms. The van der Waals surface area contributed by atoms with E-state index < -0.39 is 5.97 Å². The van der Waals surface area contributed by atoms with Crippen LogP contribution in [-0.4, -0.2) is 11.7 Å². The van der Waals surface area contributed by atoms with E-state index in [1.807, 2.05) is 20.8 Å². The van der Waals surface area contributed by atoms with Gasteiger partial charge in [0.05, 0.1) is 16.3 Å². The van der Waals surface area contributed by atoms with Gasteiger partial charge < -0.3 is 4.84 Å². The van der Waals surface area contributed by atoms with Crippen molar-refractivity contribution in [3.05, 3.63) is 33.8 Å². The summed E-state index contributed by atoms with van der Waals surface area (Å²) in [7, 11) is 0. The molecule has 0 unspecified atom stereocenters. The van der Waals surface area contributed by atoms with Crippen LogP contribution in [-0.2, 0) is 4.84 Å². The van der Waals surface area contributed by atoms with E-state index in [0.717, 1.165) is 5.71 Å². The van der Waals surface area contributed by atoms with Gasteiger partial charge in [0.1, 0.15) is 0 Å². The molecular weight excluding hydrogens is 273 g/mol. The average Bonchev–Trinajstić information content (AvgIpc) is 2.24. The molecule has 0 aliphatic rings. The first-order chi connectivity index (χ1) is 8.21. The molecular formula is C13H15Cl2NO2. The van der Waals surface area contributed by atoms with E-state index in [0.29, 0.717) is 5.02 Å². The van der Waals surface area contributed by atoms with Gasteiger partial charge in [0.2, 0.25) is 0 Å². The molecule has 1 aromatic carbocycles. The van der Waals surface area contributed by atoms with Gasteiger partial charge in [-0.2, -0.15) is 0 Å². The molecule has 98 valence electrons. The Hall–Kier alpha value is -1.06. The average molecular weight is 288 g/mol. The van der Waals surface area contributed by atoms with Gasteiger partial charge in [0.15, 0.2) is 0 Å². The molecule has 0 saturated heterocycles. The maximum Gasteiger partial charge on any atom is 0.367 e. The molecule has 0 bridgehead atoms. The Bertz CT molecular complexity index is 490. The number of rotatable bonds is 2. The smallest absolute Gasteiger partial charge is 0.313 e. The predicted molar refractivity (Wildman–Crippen MR) is 74.4 cm³/mol. The molecule has 0 aliphatic carbocycles. The Labute approximate surface area is 117 Å². The lowest BCUT2D eigenvalue weighted by Crippen LogP contribution is -2.18. The fourth-order valence-corrected chi connectivity index (χ4v) is 1.44. The third kappa shape index (κ3) is 4.00. The van der Waals surface area contributed by atoms with E-state index in [4.69, 9.17) is 28.0 Å². The third-order valence-electron chi connectivity index (χ3n) is 2.50. The van der Waals surface area contributed by atoms with E-state index in [2.05, 4.69) is 5.16 Å². The summed E-state index contributed by atoms with van der Waals surface area (Å²) in [6, 6.07) is 4.57. The van der Waals surface area contributed by atoms with Crippen molar-refractivity contribution in [1.29, 1.82) is 0 Å². The highest BCUT2D eigenvalue weighted by Gasteiger charge is 2.17. The van der Waals surface area contributed by atoms with Crippen LogP contribution in [0.15, 0.2) is 23.4 Å². The van der Waals surface area contributed by atoms with Gasteiger partial charge in [-0.25, -0.2) is 4.79 Å². The summed E-state index contributed by atoms with van der Waals surface area (Å²) in [5.41, 5.74) is 0.817. The second-order valence-corrected chi connectivity index (χ2v) is 5.77. The van der Waals surface area contributed by atoms with Crippen LogP contribution in [0.3, 0.4) is 0 Å². The molecule has 1 rings (SSSR count). The largest absolute Gasteiger partial charge is 0.367 e. The highest BCUT2D eigenvalue weighted by Crippen LogP contribution is 2.22. The van der Waals surface area contributed by atoms with Gasteiger partial charge in [0, 0.05) is 10.4 Å². The summed E-state index contributed by atoms with van der Waals surface area (Å²) in [5.74, 6) is -0.597. The number of hydrogen-bond acceptors (Lipinski definition) is 3. The van der Waals surface area contributed by atoms with Crippen molar-refractivity contribution in [1.82, 2.24) is 0 Å². The minimum absolute atomic E-state index is 0.149. The first kappa shape index (κ1) is 15.0. The summed E-state index contributed by atoms with van der Waals surface area (Å²) < 4.78 is 0. The van der Waals surface area contributed by atoms with E-state index in [1.165, 1.54) is 12.1 Å². The monoisotopic (exact) mass is 287 g/mol. The number of carbonyl (C=O) groups is 1. The second kappa shape index (κ2) is 5.72. The van der Waals surface area contributed by atoms with Crippen molar-refractivity contribution in [3.63, 3.8) is 0 Å². The summed E-state index contributed by atoms with van der Waals surface area (Å²) in [5, 5.41) is 4.52. The number of hydrogen-bond donors (Lipinski definition) is 0. The van der Waals surface area contributed by atoms with Crippen LogP contribution in [0.1, 0.15) is 38.1 Å². The molecule has 0 aliphatic heterocycles. The van der Waals surface area contributed by atoms with Crippen LogP contribution in [0.5, 0.6) is 0 Å². The SMILES string of the molecule is CC(=NOC(=O)c1ccc(Cl)cc1Cl)C(C)(C)C. The fraction of sp³-hybridized carbons (Fsp3) is 0.385. The van der Waals surface area contributed by atoms with Gasteiger partial charge >= 0.3 is 5.97 Å². The number of nitrogens with zero attached hydrogens (tertiary/aromatic N) is 1. The van der Waals surface area contributed by atoms with E-state index in [1.54, 1.807) is 13.0 Å². The van der Waals surface area contributed by atoms with E-state index in [9.17, 15) is 4.79 Å². The third-order valence-corrected chi connectivity index (χ3v) is 3.05. The highest BCUT2D eigenvalue weighted by atomic mass is 35.5. The van der Waals surface area contributed by atoms with Gasteiger partial charge in [-0.05, 0) is 25.1 Å². The molecule has 0 radical (unpaired) electrons. The van der Waals surface area contributed by atoms with Crippen LogP contribution in [0, 0.1) is 5.41 Å². The van der Waals surface area contributed by atoms with Crippen molar-refractivity contribution in [2.75, 3.05) is 0 Å². The molecule has 5 heteroatoms. The molecule has 0 amide bonds. The first-order valence-corrected chi connectivity index (χ1v) is 6.19. The van der Waals surface area contributed by atoms with Crippen molar-refractivity contribution in [2.45, 2.75) is 27.7 Å². The topological polar surface area (TPSA) is 38.7 Å². The maximum absolute atomic E-state index is 11.8. The summed E-state index contributed by atoms with van der Waals surface area (Å²) in [6.07, 6.45) is 0. The molecule has 1 aromatic rings. The Morgan fingerprint density at radius 3 is 2.39 bits per heavy atom. The number of carbonyl (C=O) groups excluding carboxylic acids is 1. The number of benzene rings is 1. The van der Waals surface area contributed by atoms with Crippen molar-refractivity contribution < 1.29 is 9.63 Å². The molecule has 0 fully saturated rings. The summed E-state index contributed by atoms with van der Waals surface area (Å²) >= 11 is 11.6. The van der Waals surface area contributed by atoms with Crippen LogP contribution in [0.2, 0.25) is 10.0 Å². The Balaban J connectivity index is 2.84. The lowest BCUT2D eigenvalue weighted by atomic mass is 9.91. The van der Waals surface area contributed by atoms with Crippen molar-refractivity contribution in [2.24, 2.45) is 10.6 Å². The van der Waals surface area contributed by atoms with Gasteiger partial charge in [0.25, 0.3) is 0 Å². The highest BCUT2D eigenvalue weighted by molar-refractivity contribution is 6.36. The fourth-order valence-electron chi connectivity index (χ4n) is 0.951. The van der Waals surface area contributed by atoms with Crippen LogP contribution < -0.4 is 0 Å². The predicted octanol–water partition coefficient (Wildman–Crippen LogP) is 4.57. The van der Waals surface area contributed by atoms with Crippen molar-refractivity contribution in [3.8, 4) is 0 Å². The van der Waals surface area contributed by atoms with Gasteiger partial charge in [-0.3, -0.25) is 0 Å². The summed E-state index contributed by atoms with van der Waals surface area (Å²) in [4.78, 5) is 16.6. The Kier molecular flexibility index (Phi) is 4.77. The standard InChI is InChI=1S/C13H15Cl2NO2/c1-8(13(2,3)4)16-18-12(17)10-6-5-9(14)7-11(10)15/h5-7H,1-4H3. The molecule has 3 nitrogen and oxygen atoms in total. The molecule has 0 atom stereocenters. The molecule has 0 spiro atoms. The van der Waals surface area contributed by atoms with Crippen molar-refractivity contribution >= 4 is 34.9 Å². The normalized spacial score (nSPS) is 12.4. The minimum atomic E-state index is -0.597. The summed E-state index contributed by atoms with van der Waals surface area (Å²) in [6.45, 7) is 7.75. The minimum Gasteiger partial charge on any atom is -0.313 e. The molecule has 0 saturated carbocycles. The van der Waals surface area contributed by atoms with Gasteiger partial charge in [-0.1, -0.05) is 49.1 Å². The van der Waals surface area contributed by atoms with E-state index >= 15 is 0 Å². The van der Waals surface area contributed by atoms with Crippen LogP contribution in [0.25, 0.3) is 0 Å². The Morgan fingerprint density at radius 1 is 1.28 bits per heavy atom. The molecule has 0 aromatic heterocycles. The molecule has 0 N–H and O–H groups in total. The lowest BCUT2D eigenvalue weighted by molar-refractivity contribution is 0.0512. The van der Waals surface area contributed by atoms with Crippen LogP contribution in [0.4, 0.5) is 0 Å². The quantitative estimate of drug-likeness (QED) is 0.454. The number of oxime groups is 1. The van der Waals surface area contributed by atoms with E-state index in [-0.39, 0.29) is 16.0 Å². The zero-order chi connectivity index (χ0) is 13.9. The molecule has 0 heterocycles. The van der Waals surface area contributed by atoms with Gasteiger partial charge in [-0.15, -0.1) is 0 Å².